The van der Waals surface area contributed by atoms with Gasteiger partial charge < -0.3 is 19.0 Å². The summed E-state index contributed by atoms with van der Waals surface area (Å²) in [6, 6.07) is 13.2. The summed E-state index contributed by atoms with van der Waals surface area (Å²) in [4.78, 5) is 14.6. The van der Waals surface area contributed by atoms with E-state index in [1.54, 1.807) is 19.2 Å². The van der Waals surface area contributed by atoms with Crippen molar-refractivity contribution in [1.29, 1.82) is 0 Å². The summed E-state index contributed by atoms with van der Waals surface area (Å²) < 4.78 is 17.0. The van der Waals surface area contributed by atoms with Crippen LogP contribution in [0.25, 0.3) is 0 Å². The number of nitrogens with one attached hydrogen (secondary N) is 1. The third-order valence-corrected chi connectivity index (χ3v) is 3.74. The van der Waals surface area contributed by atoms with Gasteiger partial charge in [0.2, 0.25) is 11.8 Å². The zero-order chi connectivity index (χ0) is 20.9. The van der Waals surface area contributed by atoms with E-state index in [1.807, 2.05) is 44.2 Å². The molecule has 2 rings (SSSR count). The zero-order valence-electron chi connectivity index (χ0n) is 17.4. The van der Waals surface area contributed by atoms with Gasteiger partial charge in [-0.25, -0.2) is 5.48 Å². The van der Waals surface area contributed by atoms with Crippen LogP contribution in [0.2, 0.25) is 0 Å². The van der Waals surface area contributed by atoms with Crippen molar-refractivity contribution in [1.82, 2.24) is 10.5 Å². The quantitative estimate of drug-likeness (QED) is 0.313. The second kappa shape index (κ2) is 12.7. The highest BCUT2D eigenvalue weighted by molar-refractivity contribution is 6.02. The number of ether oxygens (including phenoxy) is 3. The van der Waals surface area contributed by atoms with Crippen LogP contribution in [-0.4, -0.2) is 50.8 Å². The summed E-state index contributed by atoms with van der Waals surface area (Å²) in [6.45, 7) is 5.47. The third kappa shape index (κ3) is 8.06. The van der Waals surface area contributed by atoms with Gasteiger partial charge >= 0.3 is 0 Å². The molecule has 0 bridgehead atoms. The maximum absolute atomic E-state index is 5.88. The predicted octanol–water partition coefficient (Wildman–Crippen LogP) is 2.97. The molecule has 0 spiro atoms. The molecule has 1 N–H and O–H groups in total. The topological polar surface area (TPSA) is 83.4 Å². The Kier molecular flexibility index (Phi) is 9.91. The van der Waals surface area contributed by atoms with E-state index in [9.17, 15) is 0 Å². The van der Waals surface area contributed by atoms with Gasteiger partial charge in [-0.05, 0) is 19.4 Å². The average Bonchev–Trinajstić information content (AvgIpc) is 2.73. The Morgan fingerprint density at radius 3 is 2.52 bits per heavy atom. The molecule has 0 unspecified atom stereocenters. The molecule has 0 saturated heterocycles. The van der Waals surface area contributed by atoms with Gasteiger partial charge in [-0.15, -0.1) is 0 Å². The summed E-state index contributed by atoms with van der Waals surface area (Å²) in [5.41, 5.74) is 5.10. The highest BCUT2D eigenvalue weighted by Crippen LogP contribution is 2.17. The molecule has 0 fully saturated rings. The molecule has 1 heterocycles. The van der Waals surface area contributed by atoms with Crippen LogP contribution in [0.4, 0.5) is 0 Å². The Balaban J connectivity index is 2.01. The fraction of sp³-hybridized carbons (Fsp3) is 0.429. The van der Waals surface area contributed by atoms with Crippen molar-refractivity contribution in [2.45, 2.75) is 26.6 Å². The molecule has 29 heavy (non-hydrogen) atoms. The average molecular weight is 403 g/mol. The molecule has 0 saturated carbocycles. The lowest BCUT2D eigenvalue weighted by atomic mass is 10.0. The molecule has 1 aromatic carbocycles. The number of nitrogens with zero attached hydrogens (tertiary/aromatic N) is 2. The molecule has 0 atom stereocenters. The number of aromatic nitrogens is 1. The van der Waals surface area contributed by atoms with Gasteiger partial charge in [0, 0.05) is 24.7 Å². The van der Waals surface area contributed by atoms with Gasteiger partial charge in [0.15, 0.2) is 0 Å². The van der Waals surface area contributed by atoms with Gasteiger partial charge in [-0.2, -0.15) is 4.98 Å². The van der Waals surface area contributed by atoms with E-state index >= 15 is 0 Å². The van der Waals surface area contributed by atoms with Crippen molar-refractivity contribution in [3.05, 3.63) is 53.6 Å². The first kappa shape index (κ1) is 22.6. The highest BCUT2D eigenvalue weighted by Gasteiger charge is 2.12. The second-order valence-electron chi connectivity index (χ2n) is 6.24. The van der Waals surface area contributed by atoms with Crippen molar-refractivity contribution >= 4 is 5.71 Å². The zero-order valence-corrected chi connectivity index (χ0v) is 17.4. The molecule has 1 aromatic heterocycles. The summed E-state index contributed by atoms with van der Waals surface area (Å²) in [6.07, 6.45) is 0.173. The lowest BCUT2D eigenvalue weighted by molar-refractivity contribution is 0.0540. The van der Waals surface area contributed by atoms with Crippen molar-refractivity contribution < 1.29 is 23.9 Å². The molecule has 0 aliphatic heterocycles. The van der Waals surface area contributed by atoms with E-state index in [0.717, 1.165) is 11.1 Å². The lowest BCUT2D eigenvalue weighted by Gasteiger charge is -2.13. The number of pyridine rings is 1. The Labute approximate surface area is 171 Å². The first-order chi connectivity index (χ1) is 14.1. The fourth-order valence-electron chi connectivity index (χ4n) is 2.47. The van der Waals surface area contributed by atoms with Crippen LogP contribution >= 0.6 is 0 Å². The van der Waals surface area contributed by atoms with E-state index < -0.39 is 0 Å². The SMILES string of the molecule is CNOC/C(=N\OC)c1ccccc1COc1cccc(OCCOC(C)C)n1. The van der Waals surface area contributed by atoms with Crippen LogP contribution < -0.4 is 15.0 Å². The van der Waals surface area contributed by atoms with Crippen LogP contribution in [0.15, 0.2) is 47.6 Å². The van der Waals surface area contributed by atoms with E-state index in [4.69, 9.17) is 23.9 Å². The maximum atomic E-state index is 5.88. The lowest BCUT2D eigenvalue weighted by Crippen LogP contribution is -2.19. The van der Waals surface area contributed by atoms with E-state index in [2.05, 4.69) is 15.6 Å². The Hall–Kier alpha value is -2.68. The van der Waals surface area contributed by atoms with E-state index in [-0.39, 0.29) is 12.7 Å². The summed E-state index contributed by atoms with van der Waals surface area (Å²) in [7, 11) is 3.19. The van der Waals surface area contributed by atoms with Crippen LogP contribution in [0.5, 0.6) is 11.8 Å². The number of rotatable bonds is 13. The van der Waals surface area contributed by atoms with Crippen molar-refractivity contribution in [3.63, 3.8) is 0 Å². The molecule has 0 radical (unpaired) electrons. The minimum atomic E-state index is 0.173. The molecular formula is C21H29N3O5. The number of benzene rings is 1. The number of hydrogen-bond acceptors (Lipinski definition) is 8. The normalized spacial score (nSPS) is 11.6. The Bertz CT molecular complexity index is 767. The number of oxime groups is 1. The number of hydroxylamine groups is 1. The Morgan fingerprint density at radius 1 is 1.03 bits per heavy atom. The fourth-order valence-corrected chi connectivity index (χ4v) is 2.47. The molecule has 158 valence electrons. The van der Waals surface area contributed by atoms with Crippen LogP contribution in [0.1, 0.15) is 25.0 Å². The minimum Gasteiger partial charge on any atom is -0.475 e. The monoisotopic (exact) mass is 403 g/mol. The van der Waals surface area contributed by atoms with Crippen LogP contribution in [-0.2, 0) is 21.0 Å². The van der Waals surface area contributed by atoms with Gasteiger partial charge in [0.1, 0.15) is 32.6 Å². The largest absolute Gasteiger partial charge is 0.475 e. The molecule has 0 aliphatic rings. The van der Waals surface area contributed by atoms with E-state index in [1.165, 1.54) is 7.11 Å². The van der Waals surface area contributed by atoms with Gasteiger partial charge in [0.25, 0.3) is 0 Å². The first-order valence-electron chi connectivity index (χ1n) is 9.45. The summed E-state index contributed by atoms with van der Waals surface area (Å²) in [5.74, 6) is 0.964. The molecule has 2 aromatic rings. The van der Waals surface area contributed by atoms with Gasteiger partial charge in [-0.3, -0.25) is 4.84 Å². The standard InChI is InChI=1S/C21H29N3O5/c1-16(2)26-12-13-27-20-10-7-11-21(23-20)28-14-17-8-5-6-9-18(17)19(24-25-4)15-29-22-3/h5-11,16,22H,12-15H2,1-4H3/b24-19+. The minimum absolute atomic E-state index is 0.173. The molecule has 8 heteroatoms. The van der Waals surface area contributed by atoms with Gasteiger partial charge in [-0.1, -0.05) is 35.5 Å². The summed E-state index contributed by atoms with van der Waals surface area (Å²) in [5, 5.41) is 4.06. The molecule has 0 aliphatic carbocycles. The Morgan fingerprint density at radius 2 is 1.79 bits per heavy atom. The smallest absolute Gasteiger partial charge is 0.216 e. The second-order valence-corrected chi connectivity index (χ2v) is 6.24. The summed E-state index contributed by atoms with van der Waals surface area (Å²) >= 11 is 0. The van der Waals surface area contributed by atoms with Gasteiger partial charge in [0.05, 0.1) is 12.7 Å². The third-order valence-electron chi connectivity index (χ3n) is 3.74. The molecule has 0 amide bonds. The predicted molar refractivity (Wildman–Crippen MR) is 110 cm³/mol. The van der Waals surface area contributed by atoms with E-state index in [0.29, 0.717) is 37.3 Å². The number of hydrogen-bond donors (Lipinski definition) is 1. The highest BCUT2D eigenvalue weighted by atomic mass is 16.6. The van der Waals surface area contributed by atoms with Crippen molar-refractivity contribution in [2.24, 2.45) is 5.16 Å². The van der Waals surface area contributed by atoms with Crippen molar-refractivity contribution in [2.75, 3.05) is 34.0 Å². The molecule has 8 nitrogen and oxygen atoms in total. The molecular weight excluding hydrogens is 374 g/mol. The first-order valence-corrected chi connectivity index (χ1v) is 9.45. The van der Waals surface area contributed by atoms with Crippen LogP contribution in [0, 0.1) is 0 Å². The van der Waals surface area contributed by atoms with Crippen molar-refractivity contribution in [3.8, 4) is 11.8 Å². The maximum Gasteiger partial charge on any atom is 0.216 e. The van der Waals surface area contributed by atoms with Crippen LogP contribution in [0.3, 0.4) is 0 Å².